The number of amides is 1. The van der Waals surface area contributed by atoms with Crippen LogP contribution in [0.15, 0.2) is 99.0 Å². The third-order valence-electron chi connectivity index (χ3n) is 5.54. The summed E-state index contributed by atoms with van der Waals surface area (Å²) in [6, 6.07) is 24.3. The molecule has 0 aliphatic rings. The fourth-order valence-corrected chi connectivity index (χ4v) is 4.62. The number of benzene rings is 3. The molecule has 1 amide bonds. The molecule has 0 aliphatic carbocycles. The maximum absolute atomic E-state index is 13.2. The van der Waals surface area contributed by atoms with Crippen LogP contribution < -0.4 is 5.56 Å². The van der Waals surface area contributed by atoms with Crippen LogP contribution in [0.25, 0.3) is 21.8 Å². The molecule has 0 radical (unpaired) electrons. The Balaban J connectivity index is 1.37. The number of aromatic nitrogens is 3. The number of rotatable bonds is 7. The van der Waals surface area contributed by atoms with Crippen molar-refractivity contribution in [3.05, 3.63) is 94.8 Å². The monoisotopic (exact) mass is 483 g/mol. The van der Waals surface area contributed by atoms with Crippen molar-refractivity contribution in [3.8, 4) is 5.88 Å². The number of aryl methyl sites for hydroxylation is 1. The molecule has 9 heteroatoms. The molecule has 2 heterocycles. The lowest BCUT2D eigenvalue weighted by Gasteiger charge is -2.12. The molecule has 2 aromatic heterocycles. The fourth-order valence-electron chi connectivity index (χ4n) is 3.82. The number of para-hydroxylation sites is 2. The minimum atomic E-state index is -0.503. The molecule has 0 fully saturated rings. The minimum Gasteiger partial charge on any atom is -0.493 e. The number of azo groups is 1. The molecule has 0 spiro atoms. The van der Waals surface area contributed by atoms with E-state index in [1.54, 1.807) is 28.8 Å². The lowest BCUT2D eigenvalue weighted by molar-refractivity contribution is -0.115. The van der Waals surface area contributed by atoms with Crippen LogP contribution in [0, 0.1) is 0 Å². The van der Waals surface area contributed by atoms with E-state index in [1.807, 2.05) is 54.6 Å². The van der Waals surface area contributed by atoms with Gasteiger partial charge in [0.2, 0.25) is 5.88 Å². The zero-order chi connectivity index (χ0) is 24.2. The molecule has 0 unspecified atom stereocenters. The molecule has 0 aliphatic heterocycles. The maximum atomic E-state index is 13.2. The van der Waals surface area contributed by atoms with Crippen molar-refractivity contribution in [2.24, 2.45) is 10.2 Å². The Kier molecular flexibility index (Phi) is 6.40. The first-order valence-corrected chi connectivity index (χ1v) is 12.0. The molecule has 3 aromatic carbocycles. The van der Waals surface area contributed by atoms with Gasteiger partial charge in [-0.05, 0) is 30.2 Å². The van der Waals surface area contributed by atoms with Gasteiger partial charge in [-0.15, -0.1) is 10.2 Å². The quantitative estimate of drug-likeness (QED) is 0.187. The van der Waals surface area contributed by atoms with Crippen LogP contribution in [0.2, 0.25) is 0 Å². The van der Waals surface area contributed by atoms with Crippen LogP contribution >= 0.6 is 11.8 Å². The SMILES string of the molecule is O=C(CSc1nc2ccccc2c(=O)n1CCc1ccccc1)N=Nc1c(O)[nH]c2ccccc12. The number of thioether (sulfide) groups is 1. The summed E-state index contributed by atoms with van der Waals surface area (Å²) >= 11 is 1.14. The van der Waals surface area contributed by atoms with Gasteiger partial charge in [-0.25, -0.2) is 4.98 Å². The van der Waals surface area contributed by atoms with Gasteiger partial charge in [0.15, 0.2) is 10.8 Å². The summed E-state index contributed by atoms with van der Waals surface area (Å²) in [5, 5.41) is 19.5. The lowest BCUT2D eigenvalue weighted by atomic mass is 10.1. The Labute approximate surface area is 204 Å². The number of carbonyl (C=O) groups is 1. The van der Waals surface area contributed by atoms with Crippen LogP contribution in [0.5, 0.6) is 5.88 Å². The third-order valence-corrected chi connectivity index (χ3v) is 6.50. The van der Waals surface area contributed by atoms with E-state index in [2.05, 4.69) is 20.2 Å². The highest BCUT2D eigenvalue weighted by Gasteiger charge is 2.14. The Hall–Kier alpha value is -4.24. The van der Waals surface area contributed by atoms with Gasteiger partial charge in [0.25, 0.3) is 11.5 Å². The number of aromatic hydroxyl groups is 1. The second kappa shape index (κ2) is 9.94. The summed E-state index contributed by atoms with van der Waals surface area (Å²) in [4.78, 5) is 33.2. The molecule has 35 heavy (non-hydrogen) atoms. The molecule has 0 saturated carbocycles. The van der Waals surface area contributed by atoms with E-state index < -0.39 is 5.91 Å². The van der Waals surface area contributed by atoms with Crippen molar-refractivity contribution >= 4 is 45.2 Å². The molecule has 0 bridgehead atoms. The molecule has 5 aromatic rings. The maximum Gasteiger partial charge on any atom is 0.275 e. The molecule has 8 nitrogen and oxygen atoms in total. The van der Waals surface area contributed by atoms with Gasteiger partial charge in [-0.3, -0.25) is 14.2 Å². The number of hydrogen-bond acceptors (Lipinski definition) is 6. The van der Waals surface area contributed by atoms with Gasteiger partial charge < -0.3 is 10.1 Å². The van der Waals surface area contributed by atoms with Gasteiger partial charge in [0, 0.05) is 11.9 Å². The Morgan fingerprint density at radius 2 is 1.69 bits per heavy atom. The molecule has 0 saturated heterocycles. The summed E-state index contributed by atoms with van der Waals surface area (Å²) in [7, 11) is 0. The zero-order valence-corrected chi connectivity index (χ0v) is 19.4. The standard InChI is InChI=1S/C26H21N5O3S/c32-22(29-30-23-18-10-4-6-12-20(18)27-24(23)33)16-35-26-28-21-13-7-5-11-19(21)25(34)31(26)15-14-17-8-2-1-3-9-17/h1-13,27,33H,14-16H2. The molecule has 5 rings (SSSR count). The predicted molar refractivity (Wildman–Crippen MR) is 136 cm³/mol. The number of hydrogen-bond donors (Lipinski definition) is 2. The number of fused-ring (bicyclic) bond motifs is 2. The average Bonchev–Trinajstić information content (AvgIpc) is 3.21. The number of nitrogens with zero attached hydrogens (tertiary/aromatic N) is 4. The summed E-state index contributed by atoms with van der Waals surface area (Å²) in [6.45, 7) is 0.432. The topological polar surface area (TPSA) is 113 Å². The largest absolute Gasteiger partial charge is 0.493 e. The van der Waals surface area contributed by atoms with Crippen molar-refractivity contribution in [3.63, 3.8) is 0 Å². The number of H-pyrrole nitrogens is 1. The second-order valence-corrected chi connectivity index (χ2v) is 8.80. The minimum absolute atomic E-state index is 0.0528. The molecule has 174 valence electrons. The Bertz CT molecular complexity index is 1610. The van der Waals surface area contributed by atoms with E-state index in [-0.39, 0.29) is 22.9 Å². The van der Waals surface area contributed by atoms with Gasteiger partial charge >= 0.3 is 0 Å². The van der Waals surface area contributed by atoms with Crippen LogP contribution in [0.3, 0.4) is 0 Å². The molecule has 2 N–H and O–H groups in total. The molecular formula is C26H21N5O3S. The van der Waals surface area contributed by atoms with Gasteiger partial charge in [0.1, 0.15) is 0 Å². The van der Waals surface area contributed by atoms with Crippen LogP contribution in [-0.4, -0.2) is 31.3 Å². The zero-order valence-electron chi connectivity index (χ0n) is 18.6. The number of carbonyl (C=O) groups excluding carboxylic acids is 1. The van der Waals surface area contributed by atoms with Crippen molar-refractivity contribution in [2.45, 2.75) is 18.1 Å². The van der Waals surface area contributed by atoms with Crippen molar-refractivity contribution in [2.75, 3.05) is 5.75 Å². The van der Waals surface area contributed by atoms with E-state index >= 15 is 0 Å². The van der Waals surface area contributed by atoms with E-state index in [0.29, 0.717) is 39.9 Å². The van der Waals surface area contributed by atoms with Crippen LogP contribution in [-0.2, 0) is 17.8 Å². The summed E-state index contributed by atoms with van der Waals surface area (Å²) < 4.78 is 1.61. The summed E-state index contributed by atoms with van der Waals surface area (Å²) in [5.74, 6) is -0.707. The van der Waals surface area contributed by atoms with E-state index in [4.69, 9.17) is 0 Å². The number of aromatic amines is 1. The smallest absolute Gasteiger partial charge is 0.275 e. The van der Waals surface area contributed by atoms with Crippen molar-refractivity contribution in [1.29, 1.82) is 0 Å². The highest BCUT2D eigenvalue weighted by Crippen LogP contribution is 2.35. The normalized spacial score (nSPS) is 11.5. The third kappa shape index (κ3) is 4.85. The van der Waals surface area contributed by atoms with Gasteiger partial charge in [0.05, 0.1) is 22.2 Å². The van der Waals surface area contributed by atoms with Gasteiger partial charge in [-0.2, -0.15) is 0 Å². The summed E-state index contributed by atoms with van der Waals surface area (Å²) in [6.07, 6.45) is 0.655. The Morgan fingerprint density at radius 3 is 2.51 bits per heavy atom. The number of nitrogens with one attached hydrogen (secondary N) is 1. The second-order valence-electron chi connectivity index (χ2n) is 7.85. The highest BCUT2D eigenvalue weighted by molar-refractivity contribution is 7.99. The van der Waals surface area contributed by atoms with E-state index in [1.165, 1.54) is 0 Å². The first kappa shape index (κ1) is 22.5. The molecule has 0 atom stereocenters. The van der Waals surface area contributed by atoms with Gasteiger partial charge in [-0.1, -0.05) is 72.4 Å². The average molecular weight is 484 g/mol. The molecular weight excluding hydrogens is 462 g/mol. The van der Waals surface area contributed by atoms with Crippen LogP contribution in [0.4, 0.5) is 5.69 Å². The first-order chi connectivity index (χ1) is 17.1. The van der Waals surface area contributed by atoms with E-state index in [9.17, 15) is 14.7 Å². The fraction of sp³-hybridized carbons (Fsp3) is 0.115. The van der Waals surface area contributed by atoms with E-state index in [0.717, 1.165) is 17.3 Å². The predicted octanol–water partition coefficient (Wildman–Crippen LogP) is 5.23. The van der Waals surface area contributed by atoms with Crippen LogP contribution in [0.1, 0.15) is 5.56 Å². The Morgan fingerprint density at radius 1 is 0.971 bits per heavy atom. The lowest BCUT2D eigenvalue weighted by Crippen LogP contribution is -2.24. The first-order valence-electron chi connectivity index (χ1n) is 11.0. The van der Waals surface area contributed by atoms with Crippen molar-refractivity contribution in [1.82, 2.24) is 14.5 Å². The van der Waals surface area contributed by atoms with Crippen molar-refractivity contribution < 1.29 is 9.90 Å². The highest BCUT2D eigenvalue weighted by atomic mass is 32.2. The summed E-state index contributed by atoms with van der Waals surface area (Å²) in [5.41, 5.74) is 2.44.